The molecule has 0 heterocycles. The molecule has 0 aliphatic carbocycles. The molecule has 0 saturated carbocycles. The number of phenolic OH excluding ortho intramolecular Hbond substituents is 2. The highest BCUT2D eigenvalue weighted by Gasteiger charge is 2.31. The van der Waals surface area contributed by atoms with Gasteiger partial charge in [0.15, 0.2) is 0 Å². The predicted molar refractivity (Wildman–Crippen MR) is 169 cm³/mol. The minimum Gasteiger partial charge on any atom is -0.508 e. The van der Waals surface area contributed by atoms with Crippen molar-refractivity contribution in [1.82, 2.24) is 0 Å². The summed E-state index contributed by atoms with van der Waals surface area (Å²) in [5.74, 6) is 0.706. The zero-order valence-corrected chi connectivity index (χ0v) is 26.6. The number of unbranched alkanes of at least 4 members (excludes halogenated alkanes) is 18. The molecule has 0 spiro atoms. The van der Waals surface area contributed by atoms with Crippen LogP contribution in [0.3, 0.4) is 0 Å². The molecule has 2 nitrogen and oxygen atoms in total. The van der Waals surface area contributed by atoms with Gasteiger partial charge in [-0.25, -0.2) is 0 Å². The lowest BCUT2D eigenvalue weighted by Crippen LogP contribution is -2.22. The van der Waals surface area contributed by atoms with E-state index in [-0.39, 0.29) is 10.8 Å². The van der Waals surface area contributed by atoms with Crippen LogP contribution in [0.1, 0.15) is 194 Å². The molecule has 1 aromatic carbocycles. The van der Waals surface area contributed by atoms with Gasteiger partial charge < -0.3 is 10.2 Å². The van der Waals surface area contributed by atoms with Crippen LogP contribution in [-0.4, -0.2) is 10.2 Å². The minimum absolute atomic E-state index is 0.148. The quantitative estimate of drug-likeness (QED) is 0.103. The van der Waals surface area contributed by atoms with E-state index in [2.05, 4.69) is 41.5 Å². The van der Waals surface area contributed by atoms with Crippen LogP contribution < -0.4 is 0 Å². The van der Waals surface area contributed by atoms with Crippen molar-refractivity contribution in [3.63, 3.8) is 0 Å². The molecule has 38 heavy (non-hydrogen) atoms. The summed E-state index contributed by atoms with van der Waals surface area (Å²) in [5, 5.41) is 22.0. The molecule has 0 saturated heterocycles. The van der Waals surface area contributed by atoms with Crippen LogP contribution in [0.25, 0.3) is 0 Å². The zero-order chi connectivity index (χ0) is 28.3. The SMILES string of the molecule is CCCCCCCCCCCCC(C)(C)c1cc(O)cc(C(C)(C)CCCCCCCCCCCC)c1O. The summed E-state index contributed by atoms with van der Waals surface area (Å²) >= 11 is 0. The number of rotatable bonds is 24. The van der Waals surface area contributed by atoms with E-state index in [1.54, 1.807) is 0 Å². The van der Waals surface area contributed by atoms with Crippen LogP contribution in [0.4, 0.5) is 0 Å². The van der Waals surface area contributed by atoms with E-state index in [9.17, 15) is 10.2 Å². The first kappa shape index (κ1) is 34.8. The monoisotopic (exact) mass is 531 g/mol. The summed E-state index contributed by atoms with van der Waals surface area (Å²) < 4.78 is 0. The molecule has 0 amide bonds. The van der Waals surface area contributed by atoms with E-state index < -0.39 is 0 Å². The molecule has 1 aromatic rings. The number of hydrogen-bond acceptors (Lipinski definition) is 2. The summed E-state index contributed by atoms with van der Waals surface area (Å²) in [6.45, 7) is 13.5. The largest absolute Gasteiger partial charge is 0.508 e. The number of hydrogen-bond donors (Lipinski definition) is 2. The predicted octanol–water partition coefficient (Wildman–Crippen LogP) is 12.3. The number of benzene rings is 1. The Kier molecular flexibility index (Phi) is 18.2. The van der Waals surface area contributed by atoms with Gasteiger partial charge in [0, 0.05) is 11.1 Å². The van der Waals surface area contributed by atoms with Gasteiger partial charge in [0.1, 0.15) is 11.5 Å². The lowest BCUT2D eigenvalue weighted by molar-refractivity contribution is 0.372. The molecular formula is C36H66O2. The Hall–Kier alpha value is -1.18. The van der Waals surface area contributed by atoms with Gasteiger partial charge in [-0.15, -0.1) is 0 Å². The van der Waals surface area contributed by atoms with Gasteiger partial charge in [0.25, 0.3) is 0 Å². The standard InChI is InChI=1S/C36H66O2/c1-7-9-11-13-15-17-19-21-23-25-27-35(3,4)32-29-31(37)30-33(34(32)38)36(5,6)28-26-24-22-20-18-16-14-12-10-8-2/h29-30,37-38H,7-28H2,1-6H3. The van der Waals surface area contributed by atoms with Crippen molar-refractivity contribution >= 4 is 0 Å². The third-order valence-electron chi connectivity index (χ3n) is 8.86. The van der Waals surface area contributed by atoms with Gasteiger partial charge in [0.2, 0.25) is 0 Å². The van der Waals surface area contributed by atoms with Gasteiger partial charge >= 0.3 is 0 Å². The topological polar surface area (TPSA) is 40.5 Å². The van der Waals surface area contributed by atoms with Gasteiger partial charge in [-0.3, -0.25) is 0 Å². The highest BCUT2D eigenvalue weighted by molar-refractivity contribution is 5.52. The third kappa shape index (κ3) is 14.3. The van der Waals surface area contributed by atoms with E-state index in [4.69, 9.17) is 0 Å². The Morgan fingerprint density at radius 1 is 0.447 bits per heavy atom. The molecule has 0 aromatic heterocycles. The smallest absolute Gasteiger partial charge is 0.123 e. The first-order chi connectivity index (χ1) is 18.2. The molecule has 2 N–H and O–H groups in total. The van der Waals surface area contributed by atoms with E-state index in [1.807, 2.05) is 12.1 Å². The maximum atomic E-state index is 11.4. The molecule has 2 heteroatoms. The van der Waals surface area contributed by atoms with Crippen LogP contribution in [0.2, 0.25) is 0 Å². The average molecular weight is 531 g/mol. The van der Waals surface area contributed by atoms with Crippen molar-refractivity contribution in [3.8, 4) is 11.5 Å². The number of phenols is 2. The fraction of sp³-hybridized carbons (Fsp3) is 0.833. The van der Waals surface area contributed by atoms with Crippen LogP contribution in [0.5, 0.6) is 11.5 Å². The third-order valence-corrected chi connectivity index (χ3v) is 8.86. The van der Waals surface area contributed by atoms with Crippen molar-refractivity contribution in [3.05, 3.63) is 23.3 Å². The second-order valence-electron chi connectivity index (χ2n) is 13.5. The van der Waals surface area contributed by atoms with Gasteiger partial charge in [0.05, 0.1) is 0 Å². The second-order valence-corrected chi connectivity index (χ2v) is 13.5. The van der Waals surface area contributed by atoms with Gasteiger partial charge in [-0.2, -0.15) is 0 Å². The molecule has 222 valence electrons. The van der Waals surface area contributed by atoms with Crippen LogP contribution >= 0.6 is 0 Å². The second kappa shape index (κ2) is 19.8. The summed E-state index contributed by atoms with van der Waals surface area (Å²) in [7, 11) is 0. The highest BCUT2D eigenvalue weighted by Crippen LogP contribution is 2.45. The molecule has 0 fully saturated rings. The molecule has 0 bridgehead atoms. The van der Waals surface area contributed by atoms with Crippen molar-refractivity contribution in [2.75, 3.05) is 0 Å². The van der Waals surface area contributed by atoms with Crippen molar-refractivity contribution in [2.24, 2.45) is 0 Å². The fourth-order valence-electron chi connectivity index (χ4n) is 6.03. The Morgan fingerprint density at radius 2 is 0.711 bits per heavy atom. The fourth-order valence-corrected chi connectivity index (χ4v) is 6.03. The zero-order valence-electron chi connectivity index (χ0n) is 26.6. The lowest BCUT2D eigenvalue weighted by atomic mass is 9.74. The minimum atomic E-state index is -0.148. The Morgan fingerprint density at radius 3 is 1.00 bits per heavy atom. The maximum absolute atomic E-state index is 11.4. The van der Waals surface area contributed by atoms with E-state index in [1.165, 1.54) is 128 Å². The molecule has 0 aliphatic heterocycles. The maximum Gasteiger partial charge on any atom is 0.123 e. The van der Waals surface area contributed by atoms with E-state index in [0.717, 1.165) is 24.0 Å². The van der Waals surface area contributed by atoms with E-state index in [0.29, 0.717) is 11.5 Å². The highest BCUT2D eigenvalue weighted by atomic mass is 16.3. The van der Waals surface area contributed by atoms with Crippen molar-refractivity contribution in [2.45, 2.75) is 194 Å². The molecular weight excluding hydrogens is 464 g/mol. The molecule has 0 aliphatic rings. The van der Waals surface area contributed by atoms with Crippen LogP contribution in [0, 0.1) is 0 Å². The average Bonchev–Trinajstić information content (AvgIpc) is 2.87. The Labute approximate surface area is 238 Å². The molecule has 1 rings (SSSR count). The number of aromatic hydroxyl groups is 2. The van der Waals surface area contributed by atoms with Gasteiger partial charge in [-0.05, 0) is 35.8 Å². The van der Waals surface area contributed by atoms with Crippen molar-refractivity contribution in [1.29, 1.82) is 0 Å². The Balaban J connectivity index is 2.50. The molecule has 0 unspecified atom stereocenters. The first-order valence-electron chi connectivity index (χ1n) is 16.7. The summed E-state index contributed by atoms with van der Waals surface area (Å²) in [4.78, 5) is 0. The summed E-state index contributed by atoms with van der Waals surface area (Å²) in [5.41, 5.74) is 1.54. The molecule has 0 radical (unpaired) electrons. The molecule has 0 atom stereocenters. The van der Waals surface area contributed by atoms with Crippen molar-refractivity contribution < 1.29 is 10.2 Å². The summed E-state index contributed by atoms with van der Waals surface area (Å²) in [6.07, 6.45) is 28.8. The summed E-state index contributed by atoms with van der Waals surface area (Å²) in [6, 6.07) is 3.62. The van der Waals surface area contributed by atoms with Gasteiger partial charge in [-0.1, -0.05) is 170 Å². The van der Waals surface area contributed by atoms with Crippen LogP contribution in [0.15, 0.2) is 12.1 Å². The van der Waals surface area contributed by atoms with Crippen LogP contribution in [-0.2, 0) is 10.8 Å². The lowest BCUT2D eigenvalue weighted by Gasteiger charge is -2.32. The first-order valence-corrected chi connectivity index (χ1v) is 16.7. The van der Waals surface area contributed by atoms with E-state index >= 15 is 0 Å². The normalized spacial score (nSPS) is 12.4. The Bertz CT molecular complexity index is 661.